The van der Waals surface area contributed by atoms with E-state index < -0.39 is 28.2 Å². The van der Waals surface area contributed by atoms with Crippen molar-refractivity contribution in [3.63, 3.8) is 0 Å². The average Bonchev–Trinajstić information content (AvgIpc) is 2.73. The molecule has 174 valence electrons. The van der Waals surface area contributed by atoms with Gasteiger partial charge >= 0.3 is 0 Å². The molecule has 11 nitrogen and oxygen atoms in total. The normalized spacial score (nSPS) is 22.3. The molecule has 1 aromatic carbocycles. The second-order valence-electron chi connectivity index (χ2n) is 9.05. The molecule has 4 rings (SSSR count). The van der Waals surface area contributed by atoms with E-state index in [2.05, 4.69) is 34.4 Å². The van der Waals surface area contributed by atoms with Crippen molar-refractivity contribution < 1.29 is 14.5 Å². The Bertz CT molecular complexity index is 1180. The van der Waals surface area contributed by atoms with Gasteiger partial charge in [0.25, 0.3) is 11.2 Å². The Morgan fingerprint density at radius 2 is 1.94 bits per heavy atom. The number of benzene rings is 1. The van der Waals surface area contributed by atoms with Crippen molar-refractivity contribution in [3.05, 3.63) is 49.8 Å². The Labute approximate surface area is 189 Å². The molecule has 1 saturated heterocycles. The van der Waals surface area contributed by atoms with Crippen molar-refractivity contribution in [1.29, 1.82) is 0 Å². The number of piperidine rings is 1. The first-order valence-electron chi connectivity index (χ1n) is 10.9. The van der Waals surface area contributed by atoms with Crippen molar-refractivity contribution in [3.8, 4) is 0 Å². The smallest absolute Gasteiger partial charge is 0.271 e. The van der Waals surface area contributed by atoms with Gasteiger partial charge in [-0.15, -0.1) is 0 Å². The number of amides is 2. The largest absolute Gasteiger partial charge is 0.342 e. The lowest BCUT2D eigenvalue weighted by Crippen LogP contribution is -2.42. The zero-order valence-corrected chi connectivity index (χ0v) is 18.7. The number of nitro benzene ring substituents is 1. The van der Waals surface area contributed by atoms with Crippen LogP contribution in [0.25, 0.3) is 0 Å². The van der Waals surface area contributed by atoms with E-state index in [0.29, 0.717) is 23.3 Å². The van der Waals surface area contributed by atoms with Crippen molar-refractivity contribution in [2.75, 3.05) is 28.6 Å². The second-order valence-corrected chi connectivity index (χ2v) is 9.05. The summed E-state index contributed by atoms with van der Waals surface area (Å²) in [5, 5.41) is 16.3. The zero-order valence-electron chi connectivity index (χ0n) is 18.7. The molecule has 11 heteroatoms. The highest BCUT2D eigenvalue weighted by atomic mass is 16.6. The monoisotopic (exact) mass is 454 g/mol. The summed E-state index contributed by atoms with van der Waals surface area (Å²) in [5.41, 5.74) is 0.282. The van der Waals surface area contributed by atoms with E-state index >= 15 is 0 Å². The molecule has 0 bridgehead atoms. The number of aromatic amines is 1. The lowest BCUT2D eigenvalue weighted by atomic mass is 9.91. The summed E-state index contributed by atoms with van der Waals surface area (Å²) in [6.07, 6.45) is 0.858. The van der Waals surface area contributed by atoms with Crippen LogP contribution >= 0.6 is 0 Å². The highest BCUT2D eigenvalue weighted by Gasteiger charge is 2.36. The Hall–Kier alpha value is -3.76. The van der Waals surface area contributed by atoms with Crippen LogP contribution in [0.5, 0.6) is 0 Å². The molecule has 2 aliphatic heterocycles. The molecule has 0 radical (unpaired) electrons. The number of nitrogens with zero attached hydrogens (tertiary/aromatic N) is 3. The zero-order chi connectivity index (χ0) is 23.9. The van der Waals surface area contributed by atoms with Crippen molar-refractivity contribution in [2.45, 2.75) is 39.5 Å². The number of H-pyrrole nitrogens is 1. The molecule has 0 saturated carbocycles. The number of nitro groups is 1. The van der Waals surface area contributed by atoms with E-state index in [9.17, 15) is 24.5 Å². The molecule has 2 amide bonds. The van der Waals surface area contributed by atoms with Crippen LogP contribution in [-0.2, 0) is 9.59 Å². The number of hydrogen-bond donors (Lipinski definition) is 3. The number of carbonyl (C=O) groups is 2. The average molecular weight is 454 g/mol. The van der Waals surface area contributed by atoms with Gasteiger partial charge in [-0.3, -0.25) is 29.5 Å². The Morgan fingerprint density at radius 3 is 2.61 bits per heavy atom. The fourth-order valence-electron chi connectivity index (χ4n) is 4.65. The van der Waals surface area contributed by atoms with Gasteiger partial charge in [0.1, 0.15) is 5.82 Å². The lowest BCUT2D eigenvalue weighted by Gasteiger charge is -2.35. The molecule has 2 aromatic rings. The van der Waals surface area contributed by atoms with E-state index in [1.54, 1.807) is 6.92 Å². The van der Waals surface area contributed by atoms with Crippen LogP contribution in [0, 0.1) is 28.9 Å². The van der Waals surface area contributed by atoms with Gasteiger partial charge in [0.05, 0.1) is 22.1 Å². The fourth-order valence-corrected chi connectivity index (χ4v) is 4.65. The number of fused-ring (bicyclic) bond motifs is 1. The highest BCUT2D eigenvalue weighted by molar-refractivity contribution is 6.04. The Kier molecular flexibility index (Phi) is 5.88. The highest BCUT2D eigenvalue weighted by Crippen LogP contribution is 2.32. The standard InChI is InChI=1S/C22H26N6O5/c1-11-6-12(2)10-27(9-11)22-25-19-18(21(31)26-22)15(8-17(29)24-19)20(30)23-16-7-14(28(32)33)5-4-13(16)3/h4-5,7,11-12,15H,6,8-10H2,1-3H3,(H,23,30)(H2,24,25,26,29,31). The van der Waals surface area contributed by atoms with Gasteiger partial charge in [-0.25, -0.2) is 0 Å². The van der Waals surface area contributed by atoms with Crippen LogP contribution in [0.3, 0.4) is 0 Å². The molecule has 1 aromatic heterocycles. The van der Waals surface area contributed by atoms with Gasteiger partial charge in [-0.05, 0) is 30.7 Å². The number of aryl methyl sites for hydroxylation is 1. The fraction of sp³-hybridized carbons (Fsp3) is 0.455. The second kappa shape index (κ2) is 8.64. The third-order valence-corrected chi connectivity index (χ3v) is 6.11. The van der Waals surface area contributed by atoms with Gasteiger partial charge < -0.3 is 15.5 Å². The number of hydrogen-bond acceptors (Lipinski definition) is 7. The molecule has 3 N–H and O–H groups in total. The van der Waals surface area contributed by atoms with Crippen molar-refractivity contribution in [1.82, 2.24) is 9.97 Å². The van der Waals surface area contributed by atoms with Crippen LogP contribution in [0.15, 0.2) is 23.0 Å². The molecule has 0 aliphatic carbocycles. The summed E-state index contributed by atoms with van der Waals surface area (Å²) in [4.78, 5) is 58.3. The topological polar surface area (TPSA) is 150 Å². The van der Waals surface area contributed by atoms with Crippen molar-refractivity contribution >= 4 is 35.0 Å². The number of carbonyl (C=O) groups excluding carboxylic acids is 2. The molecule has 33 heavy (non-hydrogen) atoms. The van der Waals surface area contributed by atoms with Crippen molar-refractivity contribution in [2.24, 2.45) is 11.8 Å². The predicted molar refractivity (Wildman–Crippen MR) is 122 cm³/mol. The molecular weight excluding hydrogens is 428 g/mol. The number of rotatable bonds is 4. The number of nitrogens with one attached hydrogen (secondary N) is 3. The molecule has 3 unspecified atom stereocenters. The van der Waals surface area contributed by atoms with Gasteiger partial charge in [-0.2, -0.15) is 4.98 Å². The van der Waals surface area contributed by atoms with E-state index in [0.717, 1.165) is 19.5 Å². The summed E-state index contributed by atoms with van der Waals surface area (Å²) in [7, 11) is 0. The quantitative estimate of drug-likeness (QED) is 0.474. The maximum Gasteiger partial charge on any atom is 0.271 e. The molecule has 2 aliphatic rings. The maximum atomic E-state index is 13.1. The summed E-state index contributed by atoms with van der Waals surface area (Å²) in [5.74, 6) is -0.794. The molecular formula is C22H26N6O5. The third kappa shape index (κ3) is 4.57. The molecule has 0 spiro atoms. The number of non-ortho nitro benzene ring substituents is 1. The lowest BCUT2D eigenvalue weighted by molar-refractivity contribution is -0.384. The van der Waals surface area contributed by atoms with Gasteiger partial charge in [-0.1, -0.05) is 19.9 Å². The van der Waals surface area contributed by atoms with Crippen LogP contribution in [0.4, 0.5) is 23.1 Å². The molecule has 1 fully saturated rings. The van der Waals surface area contributed by atoms with E-state index in [1.165, 1.54) is 18.2 Å². The summed E-state index contributed by atoms with van der Waals surface area (Å²) in [6, 6.07) is 4.12. The summed E-state index contributed by atoms with van der Waals surface area (Å²) < 4.78 is 0. The van der Waals surface area contributed by atoms with E-state index in [1.807, 2.05) is 4.90 Å². The maximum absolute atomic E-state index is 13.1. The molecule has 3 atom stereocenters. The Morgan fingerprint density at radius 1 is 1.24 bits per heavy atom. The van der Waals surface area contributed by atoms with Crippen LogP contribution in [0.1, 0.15) is 43.7 Å². The predicted octanol–water partition coefficient (Wildman–Crippen LogP) is 2.53. The Balaban J connectivity index is 1.65. The minimum atomic E-state index is -1.07. The first-order chi connectivity index (χ1) is 15.6. The SMILES string of the molecule is Cc1ccc([N+](=O)[O-])cc1NC(=O)C1CC(=O)Nc2nc(N3CC(C)CC(C)C3)[nH]c(=O)c21. The number of anilines is 3. The van der Waals surface area contributed by atoms with E-state index in [4.69, 9.17) is 0 Å². The molecule has 3 heterocycles. The van der Waals surface area contributed by atoms with Gasteiger partial charge in [0.2, 0.25) is 17.8 Å². The van der Waals surface area contributed by atoms with Crippen LogP contribution in [-0.4, -0.2) is 39.8 Å². The minimum absolute atomic E-state index is 0.0757. The van der Waals surface area contributed by atoms with Gasteiger partial charge in [0.15, 0.2) is 0 Å². The summed E-state index contributed by atoms with van der Waals surface area (Å²) >= 11 is 0. The first-order valence-corrected chi connectivity index (χ1v) is 10.9. The van der Waals surface area contributed by atoms with Crippen LogP contribution in [0.2, 0.25) is 0 Å². The van der Waals surface area contributed by atoms with E-state index in [-0.39, 0.29) is 29.2 Å². The minimum Gasteiger partial charge on any atom is -0.342 e. The summed E-state index contributed by atoms with van der Waals surface area (Å²) in [6.45, 7) is 7.43. The van der Waals surface area contributed by atoms with Gasteiger partial charge in [0, 0.05) is 31.6 Å². The third-order valence-electron chi connectivity index (χ3n) is 6.11. The first kappa shape index (κ1) is 22.4. The number of aromatic nitrogens is 2. The van der Waals surface area contributed by atoms with Crippen LogP contribution < -0.4 is 21.1 Å².